The highest BCUT2D eigenvalue weighted by Crippen LogP contribution is 2.23. The number of ether oxygens (including phenoxy) is 2. The molecule has 9 heteroatoms. The van der Waals surface area contributed by atoms with E-state index in [1.807, 2.05) is 6.08 Å². The number of aliphatic hydroxyl groups is 5. The van der Waals surface area contributed by atoms with E-state index in [9.17, 15) is 30.3 Å². The Balaban J connectivity index is 2.18. The number of carbonyl (C=O) groups excluding carboxylic acids is 1. The normalized spacial score (nSPS) is 18.7. The fraction of sp³-hybridized carbons (Fsp3) is 0.691. The number of amides is 1. The lowest BCUT2D eigenvalue weighted by molar-refractivity contribution is -0.302. The Morgan fingerprint density at radius 2 is 0.700 bits per heavy atom. The molecular formula is C81H137NO8. The first-order chi connectivity index (χ1) is 44.3. The molecule has 9 nitrogen and oxygen atoms in total. The van der Waals surface area contributed by atoms with E-state index in [0.29, 0.717) is 6.42 Å². The second-order valence-corrected chi connectivity index (χ2v) is 25.0. The Labute approximate surface area is 553 Å². The van der Waals surface area contributed by atoms with Gasteiger partial charge in [0.15, 0.2) is 6.29 Å². The number of nitrogens with one attached hydrogen (secondary N) is 1. The first-order valence-electron chi connectivity index (χ1n) is 37.1. The van der Waals surface area contributed by atoms with Crippen molar-refractivity contribution in [2.24, 2.45) is 0 Å². The predicted octanol–water partition coefficient (Wildman–Crippen LogP) is 20.9. The van der Waals surface area contributed by atoms with Crippen LogP contribution in [0.4, 0.5) is 0 Å². The van der Waals surface area contributed by atoms with Gasteiger partial charge in [-0.15, -0.1) is 0 Å². The highest BCUT2D eigenvalue weighted by Gasteiger charge is 2.44. The van der Waals surface area contributed by atoms with Crippen molar-refractivity contribution < 1.29 is 39.8 Å². The average molecular weight is 1250 g/mol. The molecule has 1 aliphatic heterocycles. The maximum absolute atomic E-state index is 13.1. The van der Waals surface area contributed by atoms with Crippen molar-refractivity contribution in [3.05, 3.63) is 146 Å². The van der Waals surface area contributed by atoms with Crippen molar-refractivity contribution >= 4 is 5.91 Å². The Kier molecular flexibility index (Phi) is 63.5. The number of aliphatic hydroxyl groups excluding tert-OH is 5. The topological polar surface area (TPSA) is 149 Å². The van der Waals surface area contributed by atoms with E-state index in [1.165, 1.54) is 154 Å². The summed E-state index contributed by atoms with van der Waals surface area (Å²) in [7, 11) is 0. The molecule has 1 saturated heterocycles. The number of hydrogen-bond acceptors (Lipinski definition) is 8. The molecule has 0 bridgehead atoms. The van der Waals surface area contributed by atoms with Crippen molar-refractivity contribution in [1.82, 2.24) is 5.32 Å². The third-order valence-corrected chi connectivity index (χ3v) is 16.6. The Morgan fingerprint density at radius 3 is 1.07 bits per heavy atom. The number of allylic oxidation sites excluding steroid dienone is 23. The number of rotatable bonds is 63. The monoisotopic (exact) mass is 1250 g/mol. The molecule has 0 spiro atoms. The second kappa shape index (κ2) is 67.9. The van der Waals surface area contributed by atoms with Gasteiger partial charge in [-0.2, -0.15) is 0 Å². The molecule has 1 heterocycles. The zero-order chi connectivity index (χ0) is 64.9. The van der Waals surface area contributed by atoms with Crippen molar-refractivity contribution in [2.75, 3.05) is 13.2 Å². The lowest BCUT2D eigenvalue weighted by Gasteiger charge is -2.40. The van der Waals surface area contributed by atoms with Gasteiger partial charge in [0.2, 0.25) is 5.91 Å². The van der Waals surface area contributed by atoms with E-state index >= 15 is 0 Å². The molecule has 6 N–H and O–H groups in total. The molecule has 0 aromatic rings. The van der Waals surface area contributed by atoms with E-state index in [1.54, 1.807) is 6.08 Å². The van der Waals surface area contributed by atoms with Crippen molar-refractivity contribution in [2.45, 2.75) is 346 Å². The van der Waals surface area contributed by atoms with Crippen LogP contribution in [0.2, 0.25) is 0 Å². The van der Waals surface area contributed by atoms with Gasteiger partial charge >= 0.3 is 0 Å². The zero-order valence-corrected chi connectivity index (χ0v) is 57.6. The number of carbonyl (C=O) groups is 1. The van der Waals surface area contributed by atoms with Crippen LogP contribution in [0.15, 0.2) is 146 Å². The number of unbranched alkanes of at least 4 members (excludes halogenated alkanes) is 31. The van der Waals surface area contributed by atoms with Crippen molar-refractivity contribution in [3.8, 4) is 0 Å². The summed E-state index contributed by atoms with van der Waals surface area (Å²) in [4.78, 5) is 13.1. The van der Waals surface area contributed by atoms with Gasteiger partial charge in [-0.05, 0) is 109 Å². The van der Waals surface area contributed by atoms with Gasteiger partial charge < -0.3 is 40.3 Å². The fourth-order valence-corrected chi connectivity index (χ4v) is 10.9. The first-order valence-corrected chi connectivity index (χ1v) is 37.1. The Hall–Kier alpha value is -3.93. The van der Waals surface area contributed by atoms with Crippen LogP contribution in [0.1, 0.15) is 303 Å². The van der Waals surface area contributed by atoms with E-state index < -0.39 is 49.5 Å². The second-order valence-electron chi connectivity index (χ2n) is 25.0. The van der Waals surface area contributed by atoms with Crippen molar-refractivity contribution in [1.29, 1.82) is 0 Å². The molecule has 0 aromatic heterocycles. The van der Waals surface area contributed by atoms with Crippen LogP contribution < -0.4 is 5.32 Å². The maximum atomic E-state index is 13.1. The zero-order valence-electron chi connectivity index (χ0n) is 57.6. The van der Waals surface area contributed by atoms with E-state index in [2.05, 4.69) is 153 Å². The van der Waals surface area contributed by atoms with Crippen LogP contribution >= 0.6 is 0 Å². The highest BCUT2D eigenvalue weighted by atomic mass is 16.7. The summed E-state index contributed by atoms with van der Waals surface area (Å²) < 4.78 is 11.3. The summed E-state index contributed by atoms with van der Waals surface area (Å²) in [6.45, 7) is 3.66. The lowest BCUT2D eigenvalue weighted by atomic mass is 9.99. The minimum atomic E-state index is -1.59. The molecule has 0 aromatic carbocycles. The van der Waals surface area contributed by atoms with Crippen LogP contribution in [0.25, 0.3) is 0 Å². The summed E-state index contributed by atoms with van der Waals surface area (Å²) in [5.74, 6) is -0.204. The van der Waals surface area contributed by atoms with Crippen molar-refractivity contribution in [3.63, 3.8) is 0 Å². The summed E-state index contributed by atoms with van der Waals surface area (Å²) in [6, 6.07) is -0.843. The van der Waals surface area contributed by atoms with Crippen LogP contribution in [-0.4, -0.2) is 87.5 Å². The standard InChI is InChI=1S/C81H137NO8/c1-3-5-7-9-11-13-15-17-19-21-23-25-27-29-31-33-35-36-37-38-39-40-41-43-45-47-49-51-53-55-57-59-61-63-65-67-69-71-77(85)82-74(73-89-81-80(88)79(87)78(86)76(72-83)90-81)75(84)70-68-66-64-62-60-58-56-54-52-50-48-46-44-42-34-32-30-28-26-24-22-20-18-16-14-12-10-8-6-4-2/h5,7,11,13,17,19,23,25,29,31,35-36,38-39,41,43,47,49,53,55,60,62,68,70,74-76,78-81,83-84,86-88H,3-4,6,8-10,12,14-16,18,20-22,24,26-28,30,32-34,37,40,42,44-46,48,50-52,54,56-59,61,63-67,69,71-73H2,1-2H3,(H,82,85)/b7-5-,13-11-,19-17-,25-23-,31-29-,36-35-,39-38-,43-41-,49-47-,55-53-,62-60+,70-68+. The van der Waals surface area contributed by atoms with Crippen LogP contribution in [0.5, 0.6) is 0 Å². The minimum Gasteiger partial charge on any atom is -0.394 e. The van der Waals surface area contributed by atoms with Gasteiger partial charge in [-0.25, -0.2) is 0 Å². The third-order valence-electron chi connectivity index (χ3n) is 16.6. The molecule has 0 radical (unpaired) electrons. The number of hydrogen-bond donors (Lipinski definition) is 6. The third kappa shape index (κ3) is 55.7. The summed E-state index contributed by atoms with van der Waals surface area (Å²) in [5.41, 5.74) is 0. The Morgan fingerprint density at radius 1 is 0.389 bits per heavy atom. The van der Waals surface area contributed by atoms with E-state index in [0.717, 1.165) is 128 Å². The summed E-state index contributed by atoms with van der Waals surface area (Å²) in [5, 5.41) is 54.8. The summed E-state index contributed by atoms with van der Waals surface area (Å²) in [6.07, 6.45) is 98.2. The van der Waals surface area contributed by atoms with Crippen LogP contribution in [0, 0.1) is 0 Å². The van der Waals surface area contributed by atoms with E-state index in [4.69, 9.17) is 9.47 Å². The van der Waals surface area contributed by atoms with Crippen LogP contribution in [0.3, 0.4) is 0 Å². The molecule has 7 unspecified atom stereocenters. The first kappa shape index (κ1) is 84.1. The molecule has 514 valence electrons. The van der Waals surface area contributed by atoms with Gasteiger partial charge in [0.25, 0.3) is 0 Å². The summed E-state index contributed by atoms with van der Waals surface area (Å²) >= 11 is 0. The SMILES string of the molecule is CC/C=C\C/C=C\C/C=C\C/C=C\C/C=C\C/C=C\C/C=C\C/C=C\C/C=C\C/C=C\CCCCCCCCC(=O)NC(COC1OC(CO)C(O)C(O)C1O)C(O)/C=C/CC/C=C/CCCCCCCCCCCCCCCCCCCCCCCCCC. The largest absolute Gasteiger partial charge is 0.394 e. The van der Waals surface area contributed by atoms with Gasteiger partial charge in [0.1, 0.15) is 24.4 Å². The van der Waals surface area contributed by atoms with Gasteiger partial charge in [-0.3, -0.25) is 4.79 Å². The van der Waals surface area contributed by atoms with Gasteiger partial charge in [0.05, 0.1) is 25.4 Å². The quantitative estimate of drug-likeness (QED) is 0.0261. The highest BCUT2D eigenvalue weighted by molar-refractivity contribution is 5.76. The Bertz CT molecular complexity index is 1940. The maximum Gasteiger partial charge on any atom is 0.220 e. The molecule has 1 amide bonds. The van der Waals surface area contributed by atoms with Crippen LogP contribution in [-0.2, 0) is 14.3 Å². The molecule has 1 fully saturated rings. The molecular weight excluding hydrogens is 1110 g/mol. The minimum absolute atomic E-state index is 0.204. The molecule has 90 heavy (non-hydrogen) atoms. The fourth-order valence-electron chi connectivity index (χ4n) is 10.9. The smallest absolute Gasteiger partial charge is 0.220 e. The van der Waals surface area contributed by atoms with Gasteiger partial charge in [0, 0.05) is 6.42 Å². The average Bonchev–Trinajstić information content (AvgIpc) is 1.28. The molecule has 1 aliphatic rings. The van der Waals surface area contributed by atoms with E-state index in [-0.39, 0.29) is 12.5 Å². The molecule has 0 aliphatic carbocycles. The molecule has 1 rings (SSSR count). The van der Waals surface area contributed by atoms with Gasteiger partial charge in [-0.1, -0.05) is 333 Å². The molecule has 7 atom stereocenters. The molecule has 0 saturated carbocycles. The predicted molar refractivity (Wildman–Crippen MR) is 386 cm³/mol. The lowest BCUT2D eigenvalue weighted by Crippen LogP contribution is -2.60.